The maximum absolute atomic E-state index is 12.7. The zero-order valence-corrected chi connectivity index (χ0v) is 13.5. The zero-order valence-electron chi connectivity index (χ0n) is 11.1. The molecule has 1 fully saturated rings. The van der Waals surface area contributed by atoms with Gasteiger partial charge in [-0.05, 0) is 18.2 Å². The highest BCUT2D eigenvalue weighted by molar-refractivity contribution is 9.10. The Morgan fingerprint density at radius 3 is 2.95 bits per heavy atom. The molecule has 0 radical (unpaired) electrons. The van der Waals surface area contributed by atoms with Crippen LogP contribution in [0.2, 0.25) is 0 Å². The van der Waals surface area contributed by atoms with Gasteiger partial charge >= 0.3 is 0 Å². The molecular weight excluding hydrogens is 348 g/mol. The fraction of sp³-hybridized carbons (Fsp3) is 0.500. The Morgan fingerprint density at radius 1 is 1.55 bits per heavy atom. The average Bonchev–Trinajstić information content (AvgIpc) is 2.47. The summed E-state index contributed by atoms with van der Waals surface area (Å²) in [6.07, 6.45) is -0.267. The molecule has 2 rings (SSSR count). The number of nitrogens with two attached hydrogens (primary N) is 1. The SMILES string of the molecule is COc1ccc(Br)cc1S(=O)(=O)N1CCOC(CN)C1. The minimum atomic E-state index is -3.63. The van der Waals surface area contributed by atoms with E-state index in [0.29, 0.717) is 29.9 Å². The van der Waals surface area contributed by atoms with E-state index in [1.54, 1.807) is 18.2 Å². The summed E-state index contributed by atoms with van der Waals surface area (Å²) < 4.78 is 38.0. The molecule has 1 atom stereocenters. The van der Waals surface area contributed by atoms with Gasteiger partial charge < -0.3 is 15.2 Å². The molecule has 1 saturated heterocycles. The second-order valence-corrected chi connectivity index (χ2v) is 7.21. The monoisotopic (exact) mass is 364 g/mol. The maximum Gasteiger partial charge on any atom is 0.246 e. The molecule has 1 unspecified atom stereocenters. The fourth-order valence-electron chi connectivity index (χ4n) is 2.04. The standard InChI is InChI=1S/C12H17BrN2O4S/c1-18-11-3-2-9(13)6-12(11)20(16,17)15-4-5-19-10(7-14)8-15/h2-3,6,10H,4-5,7-8,14H2,1H3. The second-order valence-electron chi connectivity index (χ2n) is 4.39. The lowest BCUT2D eigenvalue weighted by Gasteiger charge is -2.31. The van der Waals surface area contributed by atoms with E-state index in [1.165, 1.54) is 11.4 Å². The lowest BCUT2D eigenvalue weighted by atomic mass is 10.3. The van der Waals surface area contributed by atoms with E-state index >= 15 is 0 Å². The van der Waals surface area contributed by atoms with Crippen LogP contribution in [-0.4, -0.2) is 52.2 Å². The summed E-state index contributed by atoms with van der Waals surface area (Å²) in [7, 11) is -2.18. The lowest BCUT2D eigenvalue weighted by Crippen LogP contribution is -2.48. The third-order valence-electron chi connectivity index (χ3n) is 3.11. The number of sulfonamides is 1. The average molecular weight is 365 g/mol. The summed E-state index contributed by atoms with van der Waals surface area (Å²) in [5.74, 6) is 0.323. The van der Waals surface area contributed by atoms with Gasteiger partial charge in [-0.3, -0.25) is 0 Å². The van der Waals surface area contributed by atoms with Crippen molar-refractivity contribution in [2.45, 2.75) is 11.0 Å². The summed E-state index contributed by atoms with van der Waals surface area (Å²) in [4.78, 5) is 0.145. The van der Waals surface area contributed by atoms with Crippen molar-refractivity contribution < 1.29 is 17.9 Å². The van der Waals surface area contributed by atoms with Gasteiger partial charge in [-0.15, -0.1) is 0 Å². The van der Waals surface area contributed by atoms with Crippen LogP contribution >= 0.6 is 15.9 Å². The molecular formula is C12H17BrN2O4S. The van der Waals surface area contributed by atoms with Gasteiger partial charge in [0, 0.05) is 24.1 Å². The number of hydrogen-bond acceptors (Lipinski definition) is 5. The number of nitrogens with zero attached hydrogens (tertiary/aromatic N) is 1. The van der Waals surface area contributed by atoms with E-state index in [-0.39, 0.29) is 17.5 Å². The Morgan fingerprint density at radius 2 is 2.30 bits per heavy atom. The van der Waals surface area contributed by atoms with Crippen LogP contribution in [0.3, 0.4) is 0 Å². The Labute approximate surface area is 127 Å². The van der Waals surface area contributed by atoms with Gasteiger partial charge in [0.25, 0.3) is 0 Å². The zero-order chi connectivity index (χ0) is 14.8. The van der Waals surface area contributed by atoms with Crippen LogP contribution < -0.4 is 10.5 Å². The molecule has 112 valence electrons. The molecule has 0 bridgehead atoms. The summed E-state index contributed by atoms with van der Waals surface area (Å²) in [6, 6.07) is 4.90. The number of halogens is 1. The van der Waals surface area contributed by atoms with Gasteiger partial charge in [-0.2, -0.15) is 4.31 Å². The van der Waals surface area contributed by atoms with Crippen molar-refractivity contribution in [3.05, 3.63) is 22.7 Å². The largest absolute Gasteiger partial charge is 0.495 e. The first kappa shape index (κ1) is 15.7. The maximum atomic E-state index is 12.7. The van der Waals surface area contributed by atoms with E-state index in [1.807, 2.05) is 0 Å². The number of benzene rings is 1. The molecule has 0 spiro atoms. The van der Waals surface area contributed by atoms with E-state index in [4.69, 9.17) is 15.2 Å². The predicted molar refractivity (Wildman–Crippen MR) is 78.2 cm³/mol. The second kappa shape index (κ2) is 6.40. The van der Waals surface area contributed by atoms with Crippen LogP contribution in [0.5, 0.6) is 5.75 Å². The molecule has 1 aliphatic heterocycles. The highest BCUT2D eigenvalue weighted by atomic mass is 79.9. The summed E-state index contributed by atoms with van der Waals surface area (Å²) >= 11 is 3.28. The smallest absolute Gasteiger partial charge is 0.246 e. The molecule has 1 aliphatic rings. The van der Waals surface area contributed by atoms with Crippen molar-refractivity contribution in [3.63, 3.8) is 0 Å². The molecule has 0 aromatic heterocycles. The van der Waals surface area contributed by atoms with Gasteiger partial charge in [-0.25, -0.2) is 8.42 Å². The van der Waals surface area contributed by atoms with Crippen LogP contribution in [-0.2, 0) is 14.8 Å². The van der Waals surface area contributed by atoms with Gasteiger partial charge in [0.05, 0.1) is 19.8 Å². The minimum Gasteiger partial charge on any atom is -0.495 e. The van der Waals surface area contributed by atoms with E-state index in [2.05, 4.69) is 15.9 Å². The van der Waals surface area contributed by atoms with Crippen molar-refractivity contribution >= 4 is 26.0 Å². The molecule has 2 N–H and O–H groups in total. The number of rotatable bonds is 4. The Kier molecular flexibility index (Phi) is 5.03. The van der Waals surface area contributed by atoms with Crippen molar-refractivity contribution in [2.24, 2.45) is 5.73 Å². The van der Waals surface area contributed by atoms with Crippen molar-refractivity contribution in [1.29, 1.82) is 0 Å². The van der Waals surface area contributed by atoms with Gasteiger partial charge in [-0.1, -0.05) is 15.9 Å². The summed E-state index contributed by atoms with van der Waals surface area (Å²) in [6.45, 7) is 1.21. The molecule has 0 aliphatic carbocycles. The predicted octanol–water partition coefficient (Wildman–Crippen LogP) is 0.806. The first-order valence-electron chi connectivity index (χ1n) is 6.14. The number of ether oxygens (including phenoxy) is 2. The molecule has 6 nitrogen and oxygen atoms in total. The fourth-order valence-corrected chi connectivity index (χ4v) is 4.19. The molecule has 1 heterocycles. The Balaban J connectivity index is 2.37. The van der Waals surface area contributed by atoms with Crippen LogP contribution in [0.15, 0.2) is 27.6 Å². The highest BCUT2D eigenvalue weighted by Gasteiger charge is 2.32. The van der Waals surface area contributed by atoms with E-state index in [0.717, 1.165) is 0 Å². The normalized spacial score (nSPS) is 20.9. The first-order chi connectivity index (χ1) is 9.48. The highest BCUT2D eigenvalue weighted by Crippen LogP contribution is 2.30. The molecule has 0 amide bonds. The topological polar surface area (TPSA) is 81.9 Å². The lowest BCUT2D eigenvalue weighted by molar-refractivity contribution is 0.00447. The van der Waals surface area contributed by atoms with Crippen molar-refractivity contribution in [1.82, 2.24) is 4.31 Å². The van der Waals surface area contributed by atoms with Crippen molar-refractivity contribution in [2.75, 3.05) is 33.4 Å². The number of hydrogen-bond donors (Lipinski definition) is 1. The van der Waals surface area contributed by atoms with E-state index in [9.17, 15) is 8.42 Å². The van der Waals surface area contributed by atoms with Gasteiger partial charge in [0.15, 0.2) is 0 Å². The first-order valence-corrected chi connectivity index (χ1v) is 8.37. The van der Waals surface area contributed by atoms with E-state index < -0.39 is 10.0 Å². The van der Waals surface area contributed by atoms with Crippen LogP contribution in [0.1, 0.15) is 0 Å². The van der Waals surface area contributed by atoms with Gasteiger partial charge in [0.1, 0.15) is 10.6 Å². The molecule has 1 aromatic carbocycles. The third-order valence-corrected chi connectivity index (χ3v) is 5.49. The summed E-state index contributed by atoms with van der Waals surface area (Å²) in [5, 5.41) is 0. The third kappa shape index (κ3) is 3.15. The number of methoxy groups -OCH3 is 1. The Bertz CT molecular complexity index is 579. The molecule has 20 heavy (non-hydrogen) atoms. The quantitative estimate of drug-likeness (QED) is 0.854. The Hall–Kier alpha value is -0.670. The number of morpholine rings is 1. The minimum absolute atomic E-state index is 0.145. The van der Waals surface area contributed by atoms with Crippen LogP contribution in [0, 0.1) is 0 Å². The van der Waals surface area contributed by atoms with Crippen molar-refractivity contribution in [3.8, 4) is 5.75 Å². The van der Waals surface area contributed by atoms with Crippen LogP contribution in [0.4, 0.5) is 0 Å². The summed E-state index contributed by atoms with van der Waals surface area (Å²) in [5.41, 5.74) is 5.55. The van der Waals surface area contributed by atoms with Gasteiger partial charge in [0.2, 0.25) is 10.0 Å². The molecule has 8 heteroatoms. The molecule has 1 aromatic rings. The van der Waals surface area contributed by atoms with Crippen LogP contribution in [0.25, 0.3) is 0 Å². The molecule has 0 saturated carbocycles.